The van der Waals surface area contributed by atoms with Crippen LogP contribution in [0, 0.1) is 0 Å². The molecule has 1 aromatic heterocycles. The van der Waals surface area contributed by atoms with Crippen LogP contribution < -0.4 is 16.0 Å². The van der Waals surface area contributed by atoms with Crippen molar-refractivity contribution in [1.29, 1.82) is 0 Å². The number of fused-ring (bicyclic) bond motifs is 1. The summed E-state index contributed by atoms with van der Waals surface area (Å²) in [4.78, 5) is 24.1. The number of para-hydroxylation sites is 1. The molecule has 1 unspecified atom stereocenters. The zero-order valence-corrected chi connectivity index (χ0v) is 11.3. The highest BCUT2D eigenvalue weighted by atomic mass is 16.5. The zero-order chi connectivity index (χ0) is 14.1. The van der Waals surface area contributed by atoms with Crippen LogP contribution in [0.4, 0.5) is 0 Å². The summed E-state index contributed by atoms with van der Waals surface area (Å²) < 4.78 is 8.42. The standard InChI is InChI=1S/C15H16N2O3/c1-2-16-8-7-14(18)17(15(16)19)9-11-10-20-13-6-4-3-5-12(11)13/h3-8,11H,2,9-10H2,1H3. The van der Waals surface area contributed by atoms with E-state index in [2.05, 4.69) is 0 Å². The Morgan fingerprint density at radius 2 is 2.05 bits per heavy atom. The average Bonchev–Trinajstić information content (AvgIpc) is 2.87. The minimum atomic E-state index is -0.260. The van der Waals surface area contributed by atoms with Gasteiger partial charge in [0, 0.05) is 36.8 Å². The van der Waals surface area contributed by atoms with Crippen molar-refractivity contribution in [3.63, 3.8) is 0 Å². The molecule has 1 atom stereocenters. The van der Waals surface area contributed by atoms with Crippen molar-refractivity contribution in [2.75, 3.05) is 6.61 Å². The van der Waals surface area contributed by atoms with Crippen molar-refractivity contribution in [3.8, 4) is 5.75 Å². The zero-order valence-electron chi connectivity index (χ0n) is 11.3. The molecule has 20 heavy (non-hydrogen) atoms. The van der Waals surface area contributed by atoms with Crippen LogP contribution in [0.25, 0.3) is 0 Å². The molecule has 0 saturated carbocycles. The first-order chi connectivity index (χ1) is 9.70. The highest BCUT2D eigenvalue weighted by molar-refractivity contribution is 5.39. The van der Waals surface area contributed by atoms with E-state index in [-0.39, 0.29) is 17.2 Å². The van der Waals surface area contributed by atoms with Crippen molar-refractivity contribution < 1.29 is 4.74 Å². The quantitative estimate of drug-likeness (QED) is 0.844. The van der Waals surface area contributed by atoms with Gasteiger partial charge in [0.15, 0.2) is 0 Å². The van der Waals surface area contributed by atoms with Gasteiger partial charge in [-0.3, -0.25) is 9.36 Å². The van der Waals surface area contributed by atoms with E-state index in [4.69, 9.17) is 4.74 Å². The first kappa shape index (κ1) is 12.7. The second-order valence-corrected chi connectivity index (χ2v) is 4.88. The third kappa shape index (κ3) is 2.05. The van der Waals surface area contributed by atoms with Crippen molar-refractivity contribution >= 4 is 0 Å². The Hall–Kier alpha value is -2.30. The molecular weight excluding hydrogens is 256 g/mol. The predicted molar refractivity (Wildman–Crippen MR) is 75.3 cm³/mol. The van der Waals surface area contributed by atoms with Crippen LogP contribution in [-0.4, -0.2) is 15.7 Å². The molecule has 1 aliphatic heterocycles. The van der Waals surface area contributed by atoms with Crippen molar-refractivity contribution in [3.05, 3.63) is 62.9 Å². The van der Waals surface area contributed by atoms with E-state index in [1.165, 1.54) is 15.2 Å². The molecule has 0 spiro atoms. The topological polar surface area (TPSA) is 53.2 Å². The smallest absolute Gasteiger partial charge is 0.330 e. The van der Waals surface area contributed by atoms with Gasteiger partial charge in [0.25, 0.3) is 5.56 Å². The van der Waals surface area contributed by atoms with Crippen LogP contribution in [-0.2, 0) is 13.1 Å². The Balaban J connectivity index is 1.98. The minimum Gasteiger partial charge on any atom is -0.493 e. The van der Waals surface area contributed by atoms with E-state index in [1.54, 1.807) is 6.20 Å². The summed E-state index contributed by atoms with van der Waals surface area (Å²) in [5.41, 5.74) is 0.541. The number of aryl methyl sites for hydroxylation is 1. The molecule has 0 radical (unpaired) electrons. The summed E-state index contributed by atoms with van der Waals surface area (Å²) in [6.45, 7) is 3.29. The molecule has 0 aliphatic carbocycles. The van der Waals surface area contributed by atoms with Gasteiger partial charge in [-0.1, -0.05) is 18.2 Å². The molecule has 0 bridgehead atoms. The highest BCUT2D eigenvalue weighted by Gasteiger charge is 2.25. The molecule has 104 valence electrons. The molecule has 5 heteroatoms. The van der Waals surface area contributed by atoms with Gasteiger partial charge in [0.2, 0.25) is 0 Å². The molecule has 2 aromatic rings. The molecule has 0 fully saturated rings. The molecule has 5 nitrogen and oxygen atoms in total. The van der Waals surface area contributed by atoms with E-state index in [1.807, 2.05) is 31.2 Å². The predicted octanol–water partition coefficient (Wildman–Crippen LogP) is 1.21. The van der Waals surface area contributed by atoms with Gasteiger partial charge in [-0.15, -0.1) is 0 Å². The van der Waals surface area contributed by atoms with E-state index in [0.29, 0.717) is 19.7 Å². The number of aromatic nitrogens is 2. The molecule has 3 rings (SSSR count). The van der Waals surface area contributed by atoms with Crippen LogP contribution in [0.3, 0.4) is 0 Å². The van der Waals surface area contributed by atoms with Gasteiger partial charge in [0.05, 0.1) is 6.61 Å². The van der Waals surface area contributed by atoms with Gasteiger partial charge in [0.1, 0.15) is 5.75 Å². The Morgan fingerprint density at radius 1 is 1.25 bits per heavy atom. The number of rotatable bonds is 3. The van der Waals surface area contributed by atoms with Crippen LogP contribution in [0.1, 0.15) is 18.4 Å². The minimum absolute atomic E-state index is 0.0457. The summed E-state index contributed by atoms with van der Waals surface area (Å²) in [5, 5.41) is 0. The third-order valence-corrected chi connectivity index (χ3v) is 3.68. The first-order valence-corrected chi connectivity index (χ1v) is 6.72. The van der Waals surface area contributed by atoms with Crippen LogP contribution in [0.15, 0.2) is 46.1 Å². The van der Waals surface area contributed by atoms with E-state index in [9.17, 15) is 9.59 Å². The van der Waals surface area contributed by atoms with Crippen molar-refractivity contribution in [2.45, 2.75) is 25.9 Å². The highest BCUT2D eigenvalue weighted by Crippen LogP contribution is 2.33. The molecule has 0 saturated heterocycles. The van der Waals surface area contributed by atoms with Gasteiger partial charge < -0.3 is 9.30 Å². The number of hydrogen-bond donors (Lipinski definition) is 0. The summed E-state index contributed by atoms with van der Waals surface area (Å²) >= 11 is 0. The number of hydrogen-bond acceptors (Lipinski definition) is 3. The van der Waals surface area contributed by atoms with Gasteiger partial charge in [-0.25, -0.2) is 4.79 Å². The Bertz CT molecular complexity index is 745. The second kappa shape index (κ2) is 5.00. The van der Waals surface area contributed by atoms with Crippen LogP contribution in [0.5, 0.6) is 5.75 Å². The third-order valence-electron chi connectivity index (χ3n) is 3.68. The lowest BCUT2D eigenvalue weighted by Gasteiger charge is -2.12. The molecule has 0 amide bonds. The largest absolute Gasteiger partial charge is 0.493 e. The van der Waals surface area contributed by atoms with Crippen molar-refractivity contribution in [2.24, 2.45) is 0 Å². The van der Waals surface area contributed by atoms with E-state index >= 15 is 0 Å². The second-order valence-electron chi connectivity index (χ2n) is 4.88. The maximum absolute atomic E-state index is 12.2. The van der Waals surface area contributed by atoms with Crippen LogP contribution >= 0.6 is 0 Å². The Kier molecular flexibility index (Phi) is 3.18. The first-order valence-electron chi connectivity index (χ1n) is 6.72. The molecule has 1 aromatic carbocycles. The fourth-order valence-electron chi connectivity index (χ4n) is 2.57. The summed E-state index contributed by atoms with van der Waals surface area (Å²) in [6.07, 6.45) is 1.54. The summed E-state index contributed by atoms with van der Waals surface area (Å²) in [5.74, 6) is 0.890. The van der Waals surface area contributed by atoms with Gasteiger partial charge in [-0.2, -0.15) is 0 Å². The Labute approximate surface area is 116 Å². The lowest BCUT2D eigenvalue weighted by molar-refractivity contribution is 0.315. The summed E-state index contributed by atoms with van der Waals surface area (Å²) in [6, 6.07) is 9.19. The van der Waals surface area contributed by atoms with E-state index in [0.717, 1.165) is 11.3 Å². The fraction of sp³-hybridized carbons (Fsp3) is 0.333. The fourth-order valence-corrected chi connectivity index (χ4v) is 2.57. The lowest BCUT2D eigenvalue weighted by atomic mass is 10.0. The maximum atomic E-state index is 12.2. The SMILES string of the molecule is CCn1ccc(=O)n(CC2COc3ccccc32)c1=O. The number of benzene rings is 1. The van der Waals surface area contributed by atoms with E-state index < -0.39 is 0 Å². The maximum Gasteiger partial charge on any atom is 0.330 e. The molecule has 2 heterocycles. The van der Waals surface area contributed by atoms with Crippen molar-refractivity contribution in [1.82, 2.24) is 9.13 Å². The number of nitrogens with zero attached hydrogens (tertiary/aromatic N) is 2. The van der Waals surface area contributed by atoms with Crippen LogP contribution in [0.2, 0.25) is 0 Å². The molecular formula is C15H16N2O3. The summed E-state index contributed by atoms with van der Waals surface area (Å²) in [7, 11) is 0. The monoisotopic (exact) mass is 272 g/mol. The van der Waals surface area contributed by atoms with Gasteiger partial charge in [-0.05, 0) is 13.0 Å². The molecule has 0 N–H and O–H groups in total. The lowest BCUT2D eigenvalue weighted by Crippen LogP contribution is -2.40. The normalized spacial score (nSPS) is 16.8. The van der Waals surface area contributed by atoms with Gasteiger partial charge >= 0.3 is 5.69 Å². The number of ether oxygens (including phenoxy) is 1. The Morgan fingerprint density at radius 3 is 2.85 bits per heavy atom. The molecule has 1 aliphatic rings. The average molecular weight is 272 g/mol.